The summed E-state index contributed by atoms with van der Waals surface area (Å²) in [5, 5.41) is 0.151. The van der Waals surface area contributed by atoms with Crippen LogP contribution in [-0.2, 0) is 18.4 Å². The minimum atomic E-state index is -1.96. The molecule has 0 aliphatic heterocycles. The molecule has 0 radical (unpaired) electrons. The minimum absolute atomic E-state index is 0.0981. The van der Waals surface area contributed by atoms with Gasteiger partial charge in [-0.15, -0.1) is 0 Å². The molecule has 0 aromatic rings. The molecule has 0 aliphatic rings. The van der Waals surface area contributed by atoms with E-state index in [9.17, 15) is 4.79 Å². The van der Waals surface area contributed by atoms with Crippen LogP contribution in [0.3, 0.4) is 0 Å². The van der Waals surface area contributed by atoms with Crippen molar-refractivity contribution in [3.63, 3.8) is 0 Å². The highest BCUT2D eigenvalue weighted by molar-refractivity contribution is 6.74. The number of carbonyl (C=O) groups is 1. The van der Waals surface area contributed by atoms with Gasteiger partial charge in [0, 0.05) is 18.1 Å². The summed E-state index contributed by atoms with van der Waals surface area (Å²) in [6.07, 6.45) is 23.3. The van der Waals surface area contributed by atoms with Gasteiger partial charge in [-0.05, 0) is 56.0 Å². The first-order chi connectivity index (χ1) is 18.7. The minimum Gasteiger partial charge on any atom is -0.463 e. The maximum absolute atomic E-state index is 11.2. The molecular weight excluding hydrogens is 529 g/mol. The summed E-state index contributed by atoms with van der Waals surface area (Å²) < 4.78 is 18.8. The third-order valence-electron chi connectivity index (χ3n) is 8.32. The second kappa shape index (κ2) is 19.4. The highest BCUT2D eigenvalue weighted by Gasteiger charge is 2.43. The summed E-state index contributed by atoms with van der Waals surface area (Å²) in [4.78, 5) is 11.2. The lowest BCUT2D eigenvalue weighted by molar-refractivity contribution is -0.137. The number of hydrogen-bond acceptors (Lipinski definition) is 4. The van der Waals surface area contributed by atoms with Gasteiger partial charge in [0.2, 0.25) is 0 Å². The number of esters is 1. The van der Waals surface area contributed by atoms with Gasteiger partial charge in [0.15, 0.2) is 16.6 Å². The van der Waals surface area contributed by atoms with Crippen molar-refractivity contribution in [1.82, 2.24) is 0 Å². The van der Waals surface area contributed by atoms with Crippen molar-refractivity contribution >= 4 is 22.6 Å². The van der Waals surface area contributed by atoms with E-state index in [0.29, 0.717) is 12.5 Å². The molecule has 0 spiro atoms. The van der Waals surface area contributed by atoms with E-state index in [1.165, 1.54) is 6.08 Å². The van der Waals surface area contributed by atoms with Crippen LogP contribution >= 0.6 is 0 Å². The zero-order valence-electron chi connectivity index (χ0n) is 27.7. The van der Waals surface area contributed by atoms with E-state index in [2.05, 4.69) is 93.6 Å². The molecule has 0 amide bonds. The molecule has 0 N–H and O–H groups in total. The van der Waals surface area contributed by atoms with Crippen molar-refractivity contribution in [3.8, 4) is 0 Å². The quantitative estimate of drug-likeness (QED) is 0.0692. The average molecular weight is 589 g/mol. The first kappa shape index (κ1) is 38.3. The molecule has 0 bridgehead atoms. The summed E-state index contributed by atoms with van der Waals surface area (Å²) in [6.45, 7) is 27.5. The van der Waals surface area contributed by atoms with E-state index in [0.717, 1.165) is 18.1 Å². The van der Waals surface area contributed by atoms with Crippen LogP contribution in [0.1, 0.15) is 69.2 Å². The van der Waals surface area contributed by atoms with Gasteiger partial charge in [-0.3, -0.25) is 0 Å². The lowest BCUT2D eigenvalue weighted by atomic mass is 9.90. The fraction of sp³-hybridized carbons (Fsp3) is 0.618. The molecule has 228 valence electrons. The molecule has 0 fully saturated rings. The maximum Gasteiger partial charge on any atom is 0.330 e. The fourth-order valence-electron chi connectivity index (χ4n) is 4.17. The van der Waals surface area contributed by atoms with Crippen molar-refractivity contribution in [2.75, 3.05) is 6.61 Å². The van der Waals surface area contributed by atoms with Crippen molar-refractivity contribution in [2.45, 2.75) is 118 Å². The number of rotatable bonds is 18. The fourth-order valence-corrected chi connectivity index (χ4v) is 8.63. The van der Waals surface area contributed by atoms with Crippen LogP contribution in [0.25, 0.3) is 0 Å². The number of allylic oxidation sites excluding steroid dienone is 10. The molecule has 0 aliphatic carbocycles. The van der Waals surface area contributed by atoms with Crippen LogP contribution in [0.5, 0.6) is 0 Å². The first-order valence-corrected chi connectivity index (χ1v) is 20.7. The third-order valence-corrected chi connectivity index (χ3v) is 17.5. The molecule has 4 nitrogen and oxygen atoms in total. The average Bonchev–Trinajstić information content (AvgIpc) is 2.89. The SMILES string of the molecule is CCOC(=O)/C=C/C=C/C=C/C=C/C=C/C=C/[C@H](C)[C@@H](O[Si](C)(C)C(C)(C)C)[C@@H](C)[C@H](C)O[Si](CC)(CC)CC. The lowest BCUT2D eigenvalue weighted by Gasteiger charge is -2.44. The monoisotopic (exact) mass is 588 g/mol. The van der Waals surface area contributed by atoms with E-state index in [4.69, 9.17) is 13.6 Å². The van der Waals surface area contributed by atoms with Gasteiger partial charge in [-0.2, -0.15) is 0 Å². The van der Waals surface area contributed by atoms with Gasteiger partial charge in [-0.25, -0.2) is 4.79 Å². The summed E-state index contributed by atoms with van der Waals surface area (Å²) >= 11 is 0. The van der Waals surface area contributed by atoms with Crippen LogP contribution in [0.2, 0.25) is 36.3 Å². The Balaban J connectivity index is 5.40. The van der Waals surface area contributed by atoms with Crippen LogP contribution in [-0.4, -0.2) is 41.4 Å². The Morgan fingerprint density at radius 1 is 0.725 bits per heavy atom. The van der Waals surface area contributed by atoms with Crippen LogP contribution in [0.15, 0.2) is 72.9 Å². The topological polar surface area (TPSA) is 44.8 Å². The molecule has 0 saturated carbocycles. The molecule has 0 aromatic carbocycles. The summed E-state index contributed by atoms with van der Waals surface area (Å²) in [5.74, 6) is 0.226. The number of hydrogen-bond donors (Lipinski definition) is 0. The normalized spacial score (nSPS) is 17.2. The summed E-state index contributed by atoms with van der Waals surface area (Å²) in [7, 11) is -3.66. The highest BCUT2D eigenvalue weighted by Crippen LogP contribution is 2.40. The van der Waals surface area contributed by atoms with Crippen LogP contribution < -0.4 is 0 Å². The van der Waals surface area contributed by atoms with Gasteiger partial charge in [0.25, 0.3) is 0 Å². The van der Waals surface area contributed by atoms with Gasteiger partial charge >= 0.3 is 5.97 Å². The van der Waals surface area contributed by atoms with E-state index in [1.807, 2.05) is 36.5 Å². The maximum atomic E-state index is 11.2. The van der Waals surface area contributed by atoms with Crippen molar-refractivity contribution in [1.29, 1.82) is 0 Å². The first-order valence-electron chi connectivity index (χ1n) is 15.2. The largest absolute Gasteiger partial charge is 0.463 e. The summed E-state index contributed by atoms with van der Waals surface area (Å²) in [5.41, 5.74) is 0. The molecule has 6 heteroatoms. The number of ether oxygens (including phenoxy) is 1. The van der Waals surface area contributed by atoms with E-state index >= 15 is 0 Å². The summed E-state index contributed by atoms with van der Waals surface area (Å²) in [6, 6.07) is 3.49. The Bertz CT molecular complexity index is 878. The molecule has 0 heterocycles. The molecule has 0 rings (SSSR count). The number of carbonyl (C=O) groups excluding carboxylic acids is 1. The standard InChI is InChI=1S/C34H60O4Si2/c1-13-36-32(35)28-26-24-22-20-18-17-19-21-23-25-27-29(5)33(38-39(11,12)34(8,9)10)30(6)31(7)37-40(14-2,15-3)16-4/h17-31,33H,13-16H2,1-12H3/b19-17+,20-18+,23-21+,24-22+,27-25+,28-26+/t29-,30-,31-,33+/m0/s1. The van der Waals surface area contributed by atoms with Gasteiger partial charge in [-0.1, -0.05) is 122 Å². The van der Waals surface area contributed by atoms with Crippen molar-refractivity contribution in [3.05, 3.63) is 72.9 Å². The highest BCUT2D eigenvalue weighted by atomic mass is 28.4. The zero-order valence-corrected chi connectivity index (χ0v) is 29.7. The van der Waals surface area contributed by atoms with Crippen LogP contribution in [0, 0.1) is 11.8 Å². The van der Waals surface area contributed by atoms with Crippen molar-refractivity contribution < 1.29 is 18.4 Å². The Hall–Kier alpha value is -1.74. The van der Waals surface area contributed by atoms with E-state index in [1.54, 1.807) is 19.1 Å². The molecule has 40 heavy (non-hydrogen) atoms. The van der Waals surface area contributed by atoms with Gasteiger partial charge in [0.1, 0.15) is 0 Å². The Kier molecular flexibility index (Phi) is 18.6. The second-order valence-electron chi connectivity index (χ2n) is 12.2. The van der Waals surface area contributed by atoms with E-state index in [-0.39, 0.29) is 29.1 Å². The third kappa shape index (κ3) is 14.2. The second-order valence-corrected chi connectivity index (χ2v) is 21.6. The van der Waals surface area contributed by atoms with E-state index < -0.39 is 16.6 Å². The Labute approximate surface area is 249 Å². The van der Waals surface area contributed by atoms with Gasteiger partial charge < -0.3 is 13.6 Å². The Morgan fingerprint density at radius 2 is 1.18 bits per heavy atom. The molecule has 0 unspecified atom stereocenters. The molecule has 0 aromatic heterocycles. The molecule has 0 saturated heterocycles. The zero-order chi connectivity index (χ0) is 30.8. The van der Waals surface area contributed by atoms with Crippen molar-refractivity contribution in [2.24, 2.45) is 11.8 Å². The predicted molar refractivity (Wildman–Crippen MR) is 180 cm³/mol. The smallest absolute Gasteiger partial charge is 0.330 e. The lowest BCUT2D eigenvalue weighted by Crippen LogP contribution is -2.50. The predicted octanol–water partition coefficient (Wildman–Crippen LogP) is 9.96. The van der Waals surface area contributed by atoms with Gasteiger partial charge in [0.05, 0.1) is 12.7 Å². The molecule has 4 atom stereocenters. The Morgan fingerprint density at radius 3 is 1.60 bits per heavy atom. The molecular formula is C34H60O4Si2. The van der Waals surface area contributed by atoms with Crippen LogP contribution in [0.4, 0.5) is 0 Å².